The van der Waals surface area contributed by atoms with Crippen molar-refractivity contribution in [2.45, 2.75) is 30.6 Å². The summed E-state index contributed by atoms with van der Waals surface area (Å²) in [6, 6.07) is 13.1. The Kier molecular flexibility index (Phi) is 3.41. The van der Waals surface area contributed by atoms with Gasteiger partial charge in [0.15, 0.2) is 0 Å². The molecule has 3 rings (SSSR count). The second-order valence-corrected chi connectivity index (χ2v) is 6.04. The van der Waals surface area contributed by atoms with E-state index in [2.05, 4.69) is 46.9 Å². The molecule has 0 radical (unpaired) electrons. The molecule has 0 spiro atoms. The average Bonchev–Trinajstić information content (AvgIpc) is 2.86. The maximum atomic E-state index is 4.67. The third kappa shape index (κ3) is 2.46. The lowest BCUT2D eigenvalue weighted by Crippen LogP contribution is -2.16. The van der Waals surface area contributed by atoms with Crippen LogP contribution in [0.1, 0.15) is 19.3 Å². The van der Waals surface area contributed by atoms with Gasteiger partial charge in [-0.1, -0.05) is 18.2 Å². The van der Waals surface area contributed by atoms with E-state index < -0.39 is 0 Å². The SMILES string of the molecule is CSC1CCC(Nc2ccc3ccccc3n2)C1. The highest BCUT2D eigenvalue weighted by Gasteiger charge is 2.23. The molecule has 1 aromatic heterocycles. The number of nitrogens with one attached hydrogen (secondary N) is 1. The fourth-order valence-corrected chi connectivity index (χ4v) is 3.44. The zero-order valence-electron chi connectivity index (χ0n) is 10.6. The minimum Gasteiger partial charge on any atom is -0.367 e. The number of para-hydroxylation sites is 1. The van der Waals surface area contributed by atoms with Crippen LogP contribution in [0.4, 0.5) is 5.82 Å². The number of aromatic nitrogens is 1. The molecule has 94 valence electrons. The van der Waals surface area contributed by atoms with E-state index in [4.69, 9.17) is 0 Å². The maximum Gasteiger partial charge on any atom is 0.126 e. The summed E-state index contributed by atoms with van der Waals surface area (Å²) in [5.74, 6) is 1.01. The normalized spacial score (nSPS) is 23.4. The monoisotopic (exact) mass is 258 g/mol. The number of hydrogen-bond donors (Lipinski definition) is 1. The second-order valence-electron chi connectivity index (χ2n) is 4.90. The Bertz CT molecular complexity index is 541. The van der Waals surface area contributed by atoms with E-state index in [1.165, 1.54) is 24.6 Å². The van der Waals surface area contributed by atoms with Crippen molar-refractivity contribution in [3.05, 3.63) is 36.4 Å². The van der Waals surface area contributed by atoms with Gasteiger partial charge in [0.1, 0.15) is 5.82 Å². The number of pyridine rings is 1. The summed E-state index contributed by atoms with van der Waals surface area (Å²) in [7, 11) is 0. The molecule has 2 nitrogen and oxygen atoms in total. The van der Waals surface area contributed by atoms with Gasteiger partial charge in [0.25, 0.3) is 0 Å². The quantitative estimate of drug-likeness (QED) is 0.903. The van der Waals surface area contributed by atoms with E-state index >= 15 is 0 Å². The number of hydrogen-bond acceptors (Lipinski definition) is 3. The molecule has 1 aliphatic carbocycles. The first-order valence-electron chi connectivity index (χ1n) is 6.50. The van der Waals surface area contributed by atoms with E-state index in [9.17, 15) is 0 Å². The Labute approximate surface area is 112 Å². The van der Waals surface area contributed by atoms with Gasteiger partial charge >= 0.3 is 0 Å². The zero-order chi connectivity index (χ0) is 12.4. The van der Waals surface area contributed by atoms with Gasteiger partial charge in [-0.2, -0.15) is 11.8 Å². The van der Waals surface area contributed by atoms with Crippen LogP contribution >= 0.6 is 11.8 Å². The number of anilines is 1. The summed E-state index contributed by atoms with van der Waals surface area (Å²) in [4.78, 5) is 4.67. The van der Waals surface area contributed by atoms with Crippen molar-refractivity contribution in [3.8, 4) is 0 Å². The van der Waals surface area contributed by atoms with E-state index in [0.717, 1.165) is 16.6 Å². The molecular weight excluding hydrogens is 240 g/mol. The number of benzene rings is 1. The summed E-state index contributed by atoms with van der Waals surface area (Å²) >= 11 is 1.99. The van der Waals surface area contributed by atoms with Crippen molar-refractivity contribution in [3.63, 3.8) is 0 Å². The molecule has 1 N–H and O–H groups in total. The van der Waals surface area contributed by atoms with Crippen molar-refractivity contribution in [1.82, 2.24) is 4.98 Å². The van der Waals surface area contributed by atoms with Crippen molar-refractivity contribution >= 4 is 28.5 Å². The Morgan fingerprint density at radius 3 is 2.89 bits per heavy atom. The molecular formula is C15H18N2S. The van der Waals surface area contributed by atoms with Gasteiger partial charge < -0.3 is 5.32 Å². The fourth-order valence-electron chi connectivity index (χ4n) is 2.64. The average molecular weight is 258 g/mol. The Balaban J connectivity index is 1.75. The predicted molar refractivity (Wildman–Crippen MR) is 80.3 cm³/mol. The van der Waals surface area contributed by atoms with Crippen LogP contribution in [0.5, 0.6) is 0 Å². The topological polar surface area (TPSA) is 24.9 Å². The fraction of sp³-hybridized carbons (Fsp3) is 0.400. The van der Waals surface area contributed by atoms with Crippen LogP contribution in [0.2, 0.25) is 0 Å². The standard InChI is InChI=1S/C15H18N2S/c1-18-13-8-7-12(10-13)16-15-9-6-11-4-2-3-5-14(11)17-15/h2-6,9,12-13H,7-8,10H2,1H3,(H,16,17). The molecule has 2 unspecified atom stereocenters. The van der Waals surface area contributed by atoms with Crippen LogP contribution in [-0.2, 0) is 0 Å². The molecule has 2 atom stereocenters. The van der Waals surface area contributed by atoms with Crippen molar-refractivity contribution in [2.24, 2.45) is 0 Å². The van der Waals surface area contributed by atoms with Gasteiger partial charge in [0, 0.05) is 16.7 Å². The molecule has 0 amide bonds. The smallest absolute Gasteiger partial charge is 0.126 e. The van der Waals surface area contributed by atoms with E-state index in [1.807, 2.05) is 17.8 Å². The highest BCUT2D eigenvalue weighted by atomic mass is 32.2. The lowest BCUT2D eigenvalue weighted by atomic mass is 10.2. The Hall–Kier alpha value is -1.22. The molecule has 1 aliphatic rings. The Morgan fingerprint density at radius 1 is 1.17 bits per heavy atom. The van der Waals surface area contributed by atoms with Crippen LogP contribution < -0.4 is 5.32 Å². The molecule has 1 aromatic carbocycles. The lowest BCUT2D eigenvalue weighted by molar-refractivity contribution is 0.753. The largest absolute Gasteiger partial charge is 0.367 e. The zero-order valence-corrected chi connectivity index (χ0v) is 11.4. The molecule has 3 heteroatoms. The van der Waals surface area contributed by atoms with Crippen molar-refractivity contribution in [2.75, 3.05) is 11.6 Å². The molecule has 1 saturated carbocycles. The summed E-state index contributed by atoms with van der Waals surface area (Å²) < 4.78 is 0. The number of nitrogens with zero attached hydrogens (tertiary/aromatic N) is 1. The molecule has 0 saturated heterocycles. The number of thioether (sulfide) groups is 1. The molecule has 2 aromatic rings. The first kappa shape index (κ1) is 11.8. The lowest BCUT2D eigenvalue weighted by Gasteiger charge is -2.13. The maximum absolute atomic E-state index is 4.67. The second kappa shape index (κ2) is 5.19. The van der Waals surface area contributed by atoms with Gasteiger partial charge in [-0.3, -0.25) is 0 Å². The van der Waals surface area contributed by atoms with Crippen LogP contribution in [0, 0.1) is 0 Å². The van der Waals surface area contributed by atoms with E-state index in [1.54, 1.807) is 0 Å². The van der Waals surface area contributed by atoms with Crippen LogP contribution in [-0.4, -0.2) is 22.5 Å². The summed E-state index contributed by atoms with van der Waals surface area (Å²) in [5.41, 5.74) is 1.07. The summed E-state index contributed by atoms with van der Waals surface area (Å²) in [6.07, 6.45) is 6.06. The predicted octanol–water partition coefficient (Wildman–Crippen LogP) is 3.93. The first-order chi connectivity index (χ1) is 8.85. The number of rotatable bonds is 3. The van der Waals surface area contributed by atoms with Crippen LogP contribution in [0.15, 0.2) is 36.4 Å². The van der Waals surface area contributed by atoms with Crippen LogP contribution in [0.3, 0.4) is 0 Å². The van der Waals surface area contributed by atoms with E-state index in [0.29, 0.717) is 6.04 Å². The molecule has 18 heavy (non-hydrogen) atoms. The van der Waals surface area contributed by atoms with Crippen molar-refractivity contribution < 1.29 is 0 Å². The first-order valence-corrected chi connectivity index (χ1v) is 7.79. The molecule has 0 aliphatic heterocycles. The van der Waals surface area contributed by atoms with Crippen molar-refractivity contribution in [1.29, 1.82) is 0 Å². The van der Waals surface area contributed by atoms with Gasteiger partial charge in [-0.15, -0.1) is 0 Å². The number of fused-ring (bicyclic) bond motifs is 1. The minimum absolute atomic E-state index is 0.594. The summed E-state index contributed by atoms with van der Waals surface area (Å²) in [6.45, 7) is 0. The third-order valence-electron chi connectivity index (χ3n) is 3.67. The highest BCUT2D eigenvalue weighted by molar-refractivity contribution is 7.99. The van der Waals surface area contributed by atoms with E-state index in [-0.39, 0.29) is 0 Å². The van der Waals surface area contributed by atoms with Crippen LogP contribution in [0.25, 0.3) is 10.9 Å². The van der Waals surface area contributed by atoms with Gasteiger partial charge in [-0.05, 0) is 43.7 Å². The molecule has 0 bridgehead atoms. The Morgan fingerprint density at radius 2 is 2.06 bits per heavy atom. The third-order valence-corrected chi connectivity index (χ3v) is 4.76. The highest BCUT2D eigenvalue weighted by Crippen LogP contribution is 2.30. The molecule has 1 fully saturated rings. The van der Waals surface area contributed by atoms with Gasteiger partial charge in [-0.25, -0.2) is 4.98 Å². The summed E-state index contributed by atoms with van der Waals surface area (Å²) in [5, 5.41) is 5.60. The molecule has 1 heterocycles. The van der Waals surface area contributed by atoms with Gasteiger partial charge in [0.2, 0.25) is 0 Å². The minimum atomic E-state index is 0.594. The van der Waals surface area contributed by atoms with Gasteiger partial charge in [0.05, 0.1) is 5.52 Å².